The molecule has 0 aliphatic carbocycles. The van der Waals surface area contributed by atoms with E-state index in [0.29, 0.717) is 0 Å². The quantitative estimate of drug-likeness (QED) is 0.570. The Bertz CT molecular complexity index is 193. The monoisotopic (exact) mass is 191 g/mol. The zero-order valence-electron chi connectivity index (χ0n) is 5.87. The Kier molecular flexibility index (Phi) is 2.66. The molecule has 0 amide bonds. The number of aromatic nitrogens is 1. The van der Waals surface area contributed by atoms with Crippen LogP contribution < -0.4 is 0 Å². The molecule has 0 aromatic carbocycles. The zero-order chi connectivity index (χ0) is 7.61. The summed E-state index contributed by atoms with van der Waals surface area (Å²) >= 11 is 5.67. The predicted molar refractivity (Wildman–Crippen MR) is 51.7 cm³/mol. The molecule has 0 aliphatic rings. The van der Waals surface area contributed by atoms with Gasteiger partial charge in [-0.2, -0.15) is 0 Å². The Hall–Kier alpha value is 0.330. The summed E-state index contributed by atoms with van der Waals surface area (Å²) in [5, 5.41) is 2.06. The van der Waals surface area contributed by atoms with Crippen molar-refractivity contribution in [1.29, 1.82) is 0 Å². The Morgan fingerprint density at radius 2 is 2.40 bits per heavy atom. The van der Waals surface area contributed by atoms with Crippen molar-refractivity contribution in [2.24, 2.45) is 0 Å². The second kappa shape index (κ2) is 3.15. The lowest BCUT2D eigenvalue weighted by Gasteiger charge is -2.18. The van der Waals surface area contributed by atoms with Gasteiger partial charge >= 0.3 is 0 Å². The molecule has 0 fully saturated rings. The van der Waals surface area contributed by atoms with Crippen molar-refractivity contribution in [2.45, 2.75) is 18.6 Å². The van der Waals surface area contributed by atoms with Gasteiger partial charge in [0.15, 0.2) is 0 Å². The summed E-state index contributed by atoms with van der Waals surface area (Å²) in [7, 11) is 1.55. The fourth-order valence-corrected chi connectivity index (χ4v) is 1.87. The van der Waals surface area contributed by atoms with Crippen LogP contribution in [-0.4, -0.2) is 4.37 Å². The van der Waals surface area contributed by atoms with Gasteiger partial charge in [0.1, 0.15) is 0 Å². The van der Waals surface area contributed by atoms with E-state index in [9.17, 15) is 0 Å². The highest BCUT2D eigenvalue weighted by atomic mass is 33.1. The molecule has 1 aromatic rings. The molecule has 0 saturated carbocycles. The maximum atomic E-state index is 4.18. The third kappa shape index (κ3) is 1.68. The maximum absolute atomic E-state index is 4.18. The highest BCUT2D eigenvalue weighted by Gasteiger charge is 2.20. The van der Waals surface area contributed by atoms with E-state index in [1.54, 1.807) is 10.8 Å². The number of thiol groups is 1. The molecule has 4 heteroatoms. The fourth-order valence-electron chi connectivity index (χ4n) is 0.555. The van der Waals surface area contributed by atoms with Crippen LogP contribution >= 0.6 is 34.0 Å². The van der Waals surface area contributed by atoms with Crippen LogP contribution in [0.4, 0.5) is 0 Å². The molecule has 0 radical (unpaired) electrons. The first-order valence-corrected chi connectivity index (χ1v) is 5.60. The maximum Gasteiger partial charge on any atom is 0.0477 e. The van der Waals surface area contributed by atoms with Crippen molar-refractivity contribution < 1.29 is 0 Å². The second-order valence-electron chi connectivity index (χ2n) is 2.51. The number of nitrogens with zero attached hydrogens (tertiary/aromatic N) is 1. The van der Waals surface area contributed by atoms with E-state index in [2.05, 4.69) is 35.3 Å². The molecular formula is C6H9NS3. The Morgan fingerprint density at radius 3 is 2.80 bits per heavy atom. The van der Waals surface area contributed by atoms with Gasteiger partial charge in [-0.3, -0.25) is 0 Å². The number of hydrogen-bond acceptors (Lipinski definition) is 4. The zero-order valence-corrected chi connectivity index (χ0v) is 8.39. The second-order valence-corrected chi connectivity index (χ2v) is 4.92. The van der Waals surface area contributed by atoms with Crippen LogP contribution in [0.1, 0.15) is 19.4 Å². The van der Waals surface area contributed by atoms with Gasteiger partial charge in [0.05, 0.1) is 0 Å². The van der Waals surface area contributed by atoms with Crippen LogP contribution in [0.25, 0.3) is 0 Å². The first-order chi connectivity index (χ1) is 4.67. The summed E-state index contributed by atoms with van der Waals surface area (Å²) in [4.78, 5) is 0. The average molecular weight is 191 g/mol. The van der Waals surface area contributed by atoms with Crippen molar-refractivity contribution in [3.05, 3.63) is 17.1 Å². The topological polar surface area (TPSA) is 12.9 Å². The van der Waals surface area contributed by atoms with Crippen LogP contribution in [0.2, 0.25) is 0 Å². The highest BCUT2D eigenvalue weighted by molar-refractivity contribution is 8.69. The molecule has 1 rings (SSSR count). The molecule has 0 aliphatic heterocycles. The molecule has 56 valence electrons. The van der Waals surface area contributed by atoms with Gasteiger partial charge in [0, 0.05) is 16.3 Å². The fraction of sp³-hybridized carbons (Fsp3) is 0.500. The molecule has 0 atom stereocenters. The molecule has 1 nitrogen and oxygen atoms in total. The third-order valence-corrected chi connectivity index (χ3v) is 4.00. The average Bonchev–Trinajstić information content (AvgIpc) is 2.38. The van der Waals surface area contributed by atoms with Gasteiger partial charge in [-0.05, 0) is 30.9 Å². The summed E-state index contributed by atoms with van der Waals surface area (Å²) in [5.41, 5.74) is 1.25. The summed E-state index contributed by atoms with van der Waals surface area (Å²) < 4.78 is 4.12. The minimum absolute atomic E-state index is 0.0934. The number of rotatable bonds is 2. The number of hydrogen-bond donors (Lipinski definition) is 1. The third-order valence-electron chi connectivity index (χ3n) is 1.36. The standard InChI is InChI=1S/C6H9NS3/c1-6(2,10-8)5-3-7-9-4-5/h3-4,8H,1-2H3. The molecule has 1 heterocycles. The predicted octanol–water partition coefficient (Wildman–Crippen LogP) is 2.96. The van der Waals surface area contributed by atoms with Crippen LogP contribution in [0.3, 0.4) is 0 Å². The van der Waals surface area contributed by atoms with Gasteiger partial charge in [-0.25, -0.2) is 4.37 Å². The Balaban J connectivity index is 2.85. The Labute approximate surface area is 74.2 Å². The molecule has 0 saturated heterocycles. The van der Waals surface area contributed by atoms with Crippen LogP contribution in [0.15, 0.2) is 11.6 Å². The van der Waals surface area contributed by atoms with E-state index in [1.165, 1.54) is 17.1 Å². The smallest absolute Gasteiger partial charge is 0.0477 e. The van der Waals surface area contributed by atoms with Crippen LogP contribution in [0.5, 0.6) is 0 Å². The van der Waals surface area contributed by atoms with Crippen molar-refractivity contribution in [3.8, 4) is 0 Å². The molecule has 1 aromatic heterocycles. The normalized spacial score (nSPS) is 11.9. The molecule has 0 bridgehead atoms. The van der Waals surface area contributed by atoms with E-state index in [-0.39, 0.29) is 4.75 Å². The van der Waals surface area contributed by atoms with E-state index in [1.807, 2.05) is 6.20 Å². The van der Waals surface area contributed by atoms with E-state index in [0.717, 1.165) is 0 Å². The van der Waals surface area contributed by atoms with Crippen molar-refractivity contribution >= 4 is 34.0 Å². The summed E-state index contributed by atoms with van der Waals surface area (Å²) in [6.45, 7) is 4.27. The molecule has 0 spiro atoms. The van der Waals surface area contributed by atoms with E-state index >= 15 is 0 Å². The molecular weight excluding hydrogens is 182 g/mol. The van der Waals surface area contributed by atoms with Crippen LogP contribution in [0, 0.1) is 0 Å². The van der Waals surface area contributed by atoms with Gasteiger partial charge in [-0.1, -0.05) is 10.8 Å². The van der Waals surface area contributed by atoms with Crippen LogP contribution in [-0.2, 0) is 4.75 Å². The molecule has 10 heavy (non-hydrogen) atoms. The SMILES string of the molecule is CC(C)(SS)c1cnsc1. The largest absolute Gasteiger partial charge is 0.201 e. The summed E-state index contributed by atoms with van der Waals surface area (Å²) in [6.07, 6.45) is 1.90. The first-order valence-electron chi connectivity index (χ1n) is 2.89. The van der Waals surface area contributed by atoms with Crippen molar-refractivity contribution in [1.82, 2.24) is 4.37 Å². The highest BCUT2D eigenvalue weighted by Crippen LogP contribution is 2.37. The molecule has 0 unspecified atom stereocenters. The van der Waals surface area contributed by atoms with Crippen molar-refractivity contribution in [2.75, 3.05) is 0 Å². The van der Waals surface area contributed by atoms with E-state index < -0.39 is 0 Å². The van der Waals surface area contributed by atoms with E-state index in [4.69, 9.17) is 0 Å². The van der Waals surface area contributed by atoms with Gasteiger partial charge in [-0.15, -0.1) is 11.7 Å². The minimum atomic E-state index is 0.0934. The van der Waals surface area contributed by atoms with Gasteiger partial charge < -0.3 is 0 Å². The summed E-state index contributed by atoms with van der Waals surface area (Å²) in [5.74, 6) is 0. The van der Waals surface area contributed by atoms with Gasteiger partial charge in [0.2, 0.25) is 0 Å². The minimum Gasteiger partial charge on any atom is -0.201 e. The Morgan fingerprint density at radius 1 is 1.70 bits per heavy atom. The lowest BCUT2D eigenvalue weighted by Crippen LogP contribution is -2.07. The summed E-state index contributed by atoms with van der Waals surface area (Å²) in [6, 6.07) is 0. The molecule has 0 N–H and O–H groups in total. The van der Waals surface area contributed by atoms with Gasteiger partial charge in [0.25, 0.3) is 0 Å². The first kappa shape index (κ1) is 8.43. The lowest BCUT2D eigenvalue weighted by atomic mass is 10.1. The lowest BCUT2D eigenvalue weighted by molar-refractivity contribution is 0.791. The van der Waals surface area contributed by atoms with Crippen molar-refractivity contribution in [3.63, 3.8) is 0 Å².